The summed E-state index contributed by atoms with van der Waals surface area (Å²) < 4.78 is 10.6. The number of benzene rings is 2. The van der Waals surface area contributed by atoms with E-state index in [1.54, 1.807) is 31.4 Å². The first-order valence-electron chi connectivity index (χ1n) is 6.01. The maximum absolute atomic E-state index is 12.3. The molecule has 0 aliphatic carbocycles. The molecule has 20 heavy (non-hydrogen) atoms. The van der Waals surface area contributed by atoms with Gasteiger partial charge >= 0.3 is 0 Å². The van der Waals surface area contributed by atoms with E-state index in [1.165, 1.54) is 6.07 Å². The third-order valence-electron chi connectivity index (χ3n) is 3.21. The van der Waals surface area contributed by atoms with Gasteiger partial charge in [-0.15, -0.1) is 0 Å². The zero-order chi connectivity index (χ0) is 14.3. The molecule has 0 amide bonds. The van der Waals surface area contributed by atoms with Crippen LogP contribution >= 0.6 is 0 Å². The Morgan fingerprint density at radius 3 is 2.50 bits per heavy atom. The van der Waals surface area contributed by atoms with Gasteiger partial charge in [0, 0.05) is 17.7 Å². The van der Waals surface area contributed by atoms with Crippen molar-refractivity contribution in [1.29, 1.82) is 0 Å². The average molecular weight is 272 g/mol. The van der Waals surface area contributed by atoms with Crippen molar-refractivity contribution in [3.63, 3.8) is 0 Å². The number of hydrogen-bond donors (Lipinski definition) is 2. The summed E-state index contributed by atoms with van der Waals surface area (Å²) in [4.78, 5) is 12.3. The van der Waals surface area contributed by atoms with Crippen molar-refractivity contribution < 1.29 is 24.5 Å². The van der Waals surface area contributed by atoms with Crippen LogP contribution in [0, 0.1) is 0 Å². The Morgan fingerprint density at radius 1 is 1.15 bits per heavy atom. The zero-order valence-corrected chi connectivity index (χ0v) is 10.7. The number of methoxy groups -OCH3 is 1. The van der Waals surface area contributed by atoms with Crippen LogP contribution in [0.4, 0.5) is 0 Å². The molecule has 0 saturated heterocycles. The van der Waals surface area contributed by atoms with Crippen molar-refractivity contribution >= 4 is 5.78 Å². The summed E-state index contributed by atoms with van der Waals surface area (Å²) in [6.45, 7) is 0. The van der Waals surface area contributed by atoms with E-state index in [4.69, 9.17) is 9.47 Å². The van der Waals surface area contributed by atoms with Gasteiger partial charge in [-0.1, -0.05) is 12.1 Å². The number of phenolic OH excluding ortho intramolecular Hbond substituents is 2. The second-order valence-corrected chi connectivity index (χ2v) is 4.47. The number of carbonyl (C=O) groups is 1. The molecule has 2 aromatic rings. The SMILES string of the molecule is COc1ccc(C2Oc3cc(O)cc(O)c3C2=O)cc1. The van der Waals surface area contributed by atoms with Gasteiger partial charge < -0.3 is 19.7 Å². The van der Waals surface area contributed by atoms with Gasteiger partial charge in [-0.25, -0.2) is 0 Å². The van der Waals surface area contributed by atoms with Crippen LogP contribution in [0.2, 0.25) is 0 Å². The lowest BCUT2D eigenvalue weighted by Gasteiger charge is -2.10. The van der Waals surface area contributed by atoms with Gasteiger partial charge in [0.05, 0.1) is 7.11 Å². The number of ether oxygens (including phenoxy) is 2. The molecule has 5 nitrogen and oxygen atoms in total. The Hall–Kier alpha value is -2.69. The number of fused-ring (bicyclic) bond motifs is 1. The Labute approximate surface area is 115 Å². The highest BCUT2D eigenvalue weighted by Gasteiger charge is 2.36. The zero-order valence-electron chi connectivity index (χ0n) is 10.7. The smallest absolute Gasteiger partial charge is 0.215 e. The molecule has 0 aromatic heterocycles. The molecule has 5 heteroatoms. The van der Waals surface area contributed by atoms with Crippen LogP contribution in [0.15, 0.2) is 36.4 Å². The summed E-state index contributed by atoms with van der Waals surface area (Å²) in [6.07, 6.45) is -0.816. The van der Waals surface area contributed by atoms with Crippen LogP contribution in [0.1, 0.15) is 22.0 Å². The van der Waals surface area contributed by atoms with Crippen molar-refractivity contribution in [2.75, 3.05) is 7.11 Å². The van der Waals surface area contributed by atoms with E-state index < -0.39 is 6.10 Å². The van der Waals surface area contributed by atoms with E-state index in [0.29, 0.717) is 11.3 Å². The molecule has 1 unspecified atom stereocenters. The van der Waals surface area contributed by atoms with Crippen LogP contribution in [0.3, 0.4) is 0 Å². The second-order valence-electron chi connectivity index (χ2n) is 4.47. The summed E-state index contributed by atoms with van der Waals surface area (Å²) in [5.41, 5.74) is 0.759. The second kappa shape index (κ2) is 4.45. The molecular formula is C15H12O5. The molecule has 0 radical (unpaired) electrons. The van der Waals surface area contributed by atoms with Gasteiger partial charge in [0.15, 0.2) is 6.10 Å². The fraction of sp³-hybridized carbons (Fsp3) is 0.133. The first-order chi connectivity index (χ1) is 9.60. The monoisotopic (exact) mass is 272 g/mol. The van der Waals surface area contributed by atoms with Crippen LogP contribution in [0.5, 0.6) is 23.0 Å². The topological polar surface area (TPSA) is 76.0 Å². The largest absolute Gasteiger partial charge is 0.508 e. The van der Waals surface area contributed by atoms with Gasteiger partial charge in [0.1, 0.15) is 28.6 Å². The predicted molar refractivity (Wildman–Crippen MR) is 70.5 cm³/mol. The van der Waals surface area contributed by atoms with Gasteiger partial charge in [0.2, 0.25) is 5.78 Å². The summed E-state index contributed by atoms with van der Waals surface area (Å²) in [5.74, 6) is 0.110. The minimum atomic E-state index is -0.816. The van der Waals surface area contributed by atoms with E-state index in [9.17, 15) is 15.0 Å². The Morgan fingerprint density at radius 2 is 1.85 bits per heavy atom. The summed E-state index contributed by atoms with van der Waals surface area (Å²) in [5, 5.41) is 19.2. The molecule has 0 spiro atoms. The average Bonchev–Trinajstić information content (AvgIpc) is 2.76. The van der Waals surface area contributed by atoms with Gasteiger partial charge in [-0.2, -0.15) is 0 Å². The molecule has 1 atom stereocenters. The molecule has 0 fully saturated rings. The number of carbonyl (C=O) groups excluding carboxylic acids is 1. The Bertz CT molecular complexity index is 675. The van der Waals surface area contributed by atoms with Crippen molar-refractivity contribution in [3.05, 3.63) is 47.5 Å². The summed E-state index contributed by atoms with van der Waals surface area (Å²) in [7, 11) is 1.56. The minimum Gasteiger partial charge on any atom is -0.508 e. The van der Waals surface area contributed by atoms with E-state index in [1.807, 2.05) is 0 Å². The van der Waals surface area contributed by atoms with Crippen LogP contribution in [-0.2, 0) is 0 Å². The third kappa shape index (κ3) is 1.84. The fourth-order valence-corrected chi connectivity index (χ4v) is 2.24. The van der Waals surface area contributed by atoms with Gasteiger partial charge in [0.25, 0.3) is 0 Å². The molecule has 0 bridgehead atoms. The molecular weight excluding hydrogens is 260 g/mol. The van der Waals surface area contributed by atoms with E-state index in [2.05, 4.69) is 0 Å². The van der Waals surface area contributed by atoms with Crippen LogP contribution in [0.25, 0.3) is 0 Å². The lowest BCUT2D eigenvalue weighted by Crippen LogP contribution is -2.10. The summed E-state index contributed by atoms with van der Waals surface area (Å²) in [6, 6.07) is 9.35. The molecule has 3 rings (SSSR count). The Kier molecular flexibility index (Phi) is 2.75. The summed E-state index contributed by atoms with van der Waals surface area (Å²) >= 11 is 0. The lowest BCUT2D eigenvalue weighted by molar-refractivity contribution is 0.0856. The molecule has 0 saturated carbocycles. The number of ketones is 1. The van der Waals surface area contributed by atoms with Crippen molar-refractivity contribution in [2.24, 2.45) is 0 Å². The highest BCUT2D eigenvalue weighted by molar-refractivity contribution is 6.07. The molecule has 102 valence electrons. The first-order valence-corrected chi connectivity index (χ1v) is 6.01. The van der Waals surface area contributed by atoms with Crippen LogP contribution in [-0.4, -0.2) is 23.1 Å². The first kappa shape index (κ1) is 12.3. The van der Waals surface area contributed by atoms with Gasteiger partial charge in [-0.05, 0) is 12.1 Å². The van der Waals surface area contributed by atoms with Crippen molar-refractivity contribution in [3.8, 4) is 23.0 Å². The van der Waals surface area contributed by atoms with Crippen molar-refractivity contribution in [1.82, 2.24) is 0 Å². The van der Waals surface area contributed by atoms with E-state index in [-0.39, 0.29) is 28.6 Å². The maximum Gasteiger partial charge on any atom is 0.215 e. The minimum absolute atomic E-state index is 0.101. The highest BCUT2D eigenvalue weighted by atomic mass is 16.5. The Balaban J connectivity index is 1.98. The number of Topliss-reactive ketones (excluding diaryl/α,β-unsaturated/α-hetero) is 1. The number of phenols is 2. The van der Waals surface area contributed by atoms with Gasteiger partial charge in [-0.3, -0.25) is 4.79 Å². The predicted octanol–water partition coefficient (Wildman–Crippen LogP) is 2.42. The molecule has 1 heterocycles. The quantitative estimate of drug-likeness (QED) is 0.878. The number of rotatable bonds is 2. The van der Waals surface area contributed by atoms with Crippen LogP contribution < -0.4 is 9.47 Å². The van der Waals surface area contributed by atoms with E-state index >= 15 is 0 Å². The number of hydrogen-bond acceptors (Lipinski definition) is 5. The number of aromatic hydroxyl groups is 2. The maximum atomic E-state index is 12.3. The van der Waals surface area contributed by atoms with E-state index in [0.717, 1.165) is 6.07 Å². The molecule has 2 N–H and O–H groups in total. The molecule has 1 aliphatic rings. The molecule has 1 aliphatic heterocycles. The normalized spacial score (nSPS) is 16.6. The standard InChI is InChI=1S/C15H12O5/c1-19-10-4-2-8(3-5-10)15-14(18)13-11(17)6-9(16)7-12(13)20-15/h2-7,15-17H,1H3. The lowest BCUT2D eigenvalue weighted by atomic mass is 10.0. The third-order valence-corrected chi connectivity index (χ3v) is 3.21. The fourth-order valence-electron chi connectivity index (χ4n) is 2.24. The van der Waals surface area contributed by atoms with Crippen molar-refractivity contribution in [2.45, 2.75) is 6.10 Å². The molecule has 2 aromatic carbocycles. The highest BCUT2D eigenvalue weighted by Crippen LogP contribution is 2.43.